The average molecular weight is 378 g/mol. The van der Waals surface area contributed by atoms with Crippen LogP contribution in [0.15, 0.2) is 16.6 Å². The predicted molar refractivity (Wildman–Crippen MR) is 83.0 cm³/mol. The predicted octanol–water partition coefficient (Wildman–Crippen LogP) is 4.36. The van der Waals surface area contributed by atoms with Crippen LogP contribution >= 0.6 is 27.5 Å². The van der Waals surface area contributed by atoms with Crippen LogP contribution in [0, 0.1) is 5.82 Å². The van der Waals surface area contributed by atoms with Gasteiger partial charge in [-0.2, -0.15) is 0 Å². The maximum absolute atomic E-state index is 13.8. The fraction of sp³-hybridized carbons (Fsp3) is 0.429. The molecule has 4 nitrogen and oxygen atoms in total. The van der Waals surface area contributed by atoms with Gasteiger partial charge < -0.3 is 9.30 Å². The lowest BCUT2D eigenvalue weighted by Crippen LogP contribution is -2.21. The number of carbonyl (C=O) groups excluding carboxylic acids is 1. The summed E-state index contributed by atoms with van der Waals surface area (Å²) in [5.41, 5.74) is 1.08. The minimum Gasteiger partial charge on any atom is -0.464 e. The number of halogens is 3. The monoisotopic (exact) mass is 376 g/mol. The van der Waals surface area contributed by atoms with Crippen LogP contribution in [0.5, 0.6) is 0 Å². The van der Waals surface area contributed by atoms with E-state index in [1.165, 1.54) is 6.07 Å². The van der Waals surface area contributed by atoms with E-state index in [9.17, 15) is 9.18 Å². The third-order valence-corrected chi connectivity index (χ3v) is 3.93. The molecule has 0 aliphatic carbocycles. The first-order chi connectivity index (χ1) is 9.86. The maximum Gasteiger partial charge on any atom is 0.328 e. The lowest BCUT2D eigenvalue weighted by Gasteiger charge is -2.17. The van der Waals surface area contributed by atoms with Gasteiger partial charge in [0.2, 0.25) is 0 Å². The van der Waals surface area contributed by atoms with Crippen molar-refractivity contribution < 1.29 is 13.9 Å². The number of fused-ring (bicyclic) bond motifs is 1. The minimum atomic E-state index is -0.633. The molecule has 0 aliphatic rings. The van der Waals surface area contributed by atoms with E-state index in [0.29, 0.717) is 21.3 Å². The zero-order valence-electron chi connectivity index (χ0n) is 11.9. The molecule has 1 heterocycles. The molecule has 7 heteroatoms. The van der Waals surface area contributed by atoms with E-state index in [2.05, 4.69) is 20.9 Å². The summed E-state index contributed by atoms with van der Waals surface area (Å²) in [5.74, 6) is -0.322. The number of hydrogen-bond acceptors (Lipinski definition) is 3. The van der Waals surface area contributed by atoms with Gasteiger partial charge in [-0.15, -0.1) is 11.6 Å². The molecule has 0 fully saturated rings. The Labute approximate surface area is 135 Å². The number of hydrogen-bond donors (Lipinski definition) is 0. The highest BCUT2D eigenvalue weighted by Gasteiger charge is 2.25. The molecule has 0 spiro atoms. The molecule has 2 rings (SSSR count). The lowest BCUT2D eigenvalue weighted by atomic mass is 10.2. The minimum absolute atomic E-state index is 0.279. The van der Waals surface area contributed by atoms with Crippen molar-refractivity contribution >= 4 is 44.5 Å². The van der Waals surface area contributed by atoms with Crippen molar-refractivity contribution in [1.82, 2.24) is 9.55 Å². The maximum atomic E-state index is 13.8. The molecule has 0 bridgehead atoms. The van der Waals surface area contributed by atoms with Gasteiger partial charge in [0.15, 0.2) is 0 Å². The van der Waals surface area contributed by atoms with E-state index in [0.717, 1.165) is 0 Å². The van der Waals surface area contributed by atoms with Crippen LogP contribution in [-0.4, -0.2) is 22.1 Å². The van der Waals surface area contributed by atoms with Crippen LogP contribution in [0.3, 0.4) is 0 Å². The fourth-order valence-electron chi connectivity index (χ4n) is 2.16. The topological polar surface area (TPSA) is 44.1 Å². The molecule has 2 atom stereocenters. The number of aromatic nitrogens is 2. The van der Waals surface area contributed by atoms with Crippen LogP contribution in [0.4, 0.5) is 4.39 Å². The average Bonchev–Trinajstić information content (AvgIpc) is 2.77. The normalized spacial score (nSPS) is 14.2. The lowest BCUT2D eigenvalue weighted by molar-refractivity contribution is -0.146. The molecule has 2 unspecified atom stereocenters. The second-order valence-corrected chi connectivity index (χ2v) is 6.15. The largest absolute Gasteiger partial charge is 0.464 e. The summed E-state index contributed by atoms with van der Waals surface area (Å²) in [6.07, 6.45) is 0. The Morgan fingerprint density at radius 3 is 2.76 bits per heavy atom. The van der Waals surface area contributed by atoms with Gasteiger partial charge in [-0.05, 0) is 42.8 Å². The molecule has 21 heavy (non-hydrogen) atoms. The number of alkyl halides is 1. The summed E-state index contributed by atoms with van der Waals surface area (Å²) in [7, 11) is 0. The molecule has 1 aromatic heterocycles. The Morgan fingerprint density at radius 2 is 2.19 bits per heavy atom. The third kappa shape index (κ3) is 3.06. The summed E-state index contributed by atoms with van der Waals surface area (Å²) in [6, 6.07) is 2.28. The van der Waals surface area contributed by atoms with E-state index >= 15 is 0 Å². The summed E-state index contributed by atoms with van der Waals surface area (Å²) in [4.78, 5) is 16.4. The molecule has 0 radical (unpaired) electrons. The summed E-state index contributed by atoms with van der Waals surface area (Å²) < 4.78 is 20.8. The van der Waals surface area contributed by atoms with E-state index < -0.39 is 23.2 Å². The Kier molecular flexibility index (Phi) is 4.88. The van der Waals surface area contributed by atoms with Crippen molar-refractivity contribution in [2.24, 2.45) is 0 Å². The van der Waals surface area contributed by atoms with Gasteiger partial charge in [0.25, 0.3) is 0 Å². The third-order valence-electron chi connectivity index (χ3n) is 3.13. The second-order valence-electron chi connectivity index (χ2n) is 4.64. The molecule has 2 aromatic rings. The summed E-state index contributed by atoms with van der Waals surface area (Å²) in [6.45, 7) is 5.45. The van der Waals surface area contributed by atoms with E-state index in [4.69, 9.17) is 16.3 Å². The van der Waals surface area contributed by atoms with Crippen LogP contribution in [0.2, 0.25) is 0 Å². The van der Waals surface area contributed by atoms with Gasteiger partial charge in [0.05, 0.1) is 27.5 Å². The first-order valence-electron chi connectivity index (χ1n) is 6.54. The summed E-state index contributed by atoms with van der Waals surface area (Å²) >= 11 is 9.27. The zero-order chi connectivity index (χ0) is 15.7. The first kappa shape index (κ1) is 16.2. The molecular formula is C14H15BrClFN2O2. The van der Waals surface area contributed by atoms with Crippen LogP contribution in [-0.2, 0) is 9.53 Å². The molecule has 0 amide bonds. The van der Waals surface area contributed by atoms with Gasteiger partial charge in [-0.3, -0.25) is 0 Å². The van der Waals surface area contributed by atoms with Crippen molar-refractivity contribution in [2.75, 3.05) is 6.61 Å². The molecule has 0 saturated heterocycles. The SMILES string of the molecule is CCOC(=O)C(C)n1c(C(C)Cl)nc2cc(Br)c(F)cc21. The molecule has 0 N–H and O–H groups in total. The van der Waals surface area contributed by atoms with Crippen molar-refractivity contribution in [2.45, 2.75) is 32.2 Å². The van der Waals surface area contributed by atoms with E-state index in [1.54, 1.807) is 31.4 Å². The van der Waals surface area contributed by atoms with E-state index in [1.807, 2.05) is 0 Å². The standard InChI is InChI=1S/C14H15BrClFN2O2/c1-4-21-14(20)8(3)19-12-6-10(17)9(15)5-11(12)18-13(19)7(2)16/h5-8H,4H2,1-3H3. The molecule has 0 aliphatic heterocycles. The Hall–Kier alpha value is -1.14. The van der Waals surface area contributed by atoms with E-state index in [-0.39, 0.29) is 6.61 Å². The van der Waals surface area contributed by atoms with Crippen LogP contribution in [0.25, 0.3) is 11.0 Å². The molecule has 114 valence electrons. The summed E-state index contributed by atoms with van der Waals surface area (Å²) in [5, 5.41) is -0.420. The Balaban J connectivity index is 2.66. The smallest absolute Gasteiger partial charge is 0.328 e. The highest BCUT2D eigenvalue weighted by atomic mass is 79.9. The molecular weight excluding hydrogens is 363 g/mol. The molecule has 0 saturated carbocycles. The Bertz CT molecular complexity index is 687. The number of imidazole rings is 1. The number of rotatable bonds is 4. The number of ether oxygens (including phenoxy) is 1. The van der Waals surface area contributed by atoms with Crippen LogP contribution in [0.1, 0.15) is 38.0 Å². The number of benzene rings is 1. The van der Waals surface area contributed by atoms with Crippen molar-refractivity contribution in [3.63, 3.8) is 0 Å². The zero-order valence-corrected chi connectivity index (χ0v) is 14.2. The van der Waals surface area contributed by atoms with Crippen molar-refractivity contribution in [3.8, 4) is 0 Å². The fourth-order valence-corrected chi connectivity index (χ4v) is 2.65. The van der Waals surface area contributed by atoms with Crippen molar-refractivity contribution in [1.29, 1.82) is 0 Å². The van der Waals surface area contributed by atoms with Gasteiger partial charge in [0, 0.05) is 6.07 Å². The highest BCUT2D eigenvalue weighted by Crippen LogP contribution is 2.31. The van der Waals surface area contributed by atoms with Crippen molar-refractivity contribution in [3.05, 3.63) is 28.2 Å². The number of esters is 1. The first-order valence-corrected chi connectivity index (χ1v) is 7.77. The van der Waals surface area contributed by atoms with Gasteiger partial charge >= 0.3 is 5.97 Å². The highest BCUT2D eigenvalue weighted by molar-refractivity contribution is 9.10. The number of carbonyl (C=O) groups is 1. The second kappa shape index (κ2) is 6.32. The quantitative estimate of drug-likeness (QED) is 0.587. The van der Waals surface area contributed by atoms with Gasteiger partial charge in [-0.1, -0.05) is 0 Å². The number of nitrogens with zero attached hydrogens (tertiary/aromatic N) is 2. The Morgan fingerprint density at radius 1 is 1.52 bits per heavy atom. The molecule has 1 aromatic carbocycles. The van der Waals surface area contributed by atoms with Gasteiger partial charge in [-0.25, -0.2) is 14.2 Å². The van der Waals surface area contributed by atoms with Gasteiger partial charge in [0.1, 0.15) is 17.7 Å². The van der Waals surface area contributed by atoms with Crippen LogP contribution < -0.4 is 0 Å².